The second kappa shape index (κ2) is 9.97. The van der Waals surface area contributed by atoms with Crippen LogP contribution in [0.15, 0.2) is 48.5 Å². The van der Waals surface area contributed by atoms with Crippen molar-refractivity contribution >= 4 is 23.3 Å². The Morgan fingerprint density at radius 1 is 1.10 bits per heavy atom. The molecule has 11 heteroatoms. The normalized spacial score (nSPS) is 11.4. The summed E-state index contributed by atoms with van der Waals surface area (Å²) in [5.41, 5.74) is -0.362. The molecule has 0 saturated heterocycles. The van der Waals surface area contributed by atoms with Gasteiger partial charge in [-0.15, -0.1) is 0 Å². The Labute approximate surface area is 163 Å². The zero-order chi connectivity index (χ0) is 21.4. The lowest BCUT2D eigenvalue weighted by Crippen LogP contribution is -2.31. The van der Waals surface area contributed by atoms with Gasteiger partial charge in [0.1, 0.15) is 5.75 Å². The summed E-state index contributed by atoms with van der Waals surface area (Å²) in [5.74, 6) is -2.14. The molecule has 0 aliphatic heterocycles. The van der Waals surface area contributed by atoms with Crippen LogP contribution >= 0.6 is 0 Å². The number of hydrogen-bond donors (Lipinski definition) is 1. The molecule has 0 saturated carbocycles. The topological polar surface area (TPSA) is 117 Å². The van der Waals surface area contributed by atoms with Gasteiger partial charge in [0, 0.05) is 6.07 Å². The van der Waals surface area contributed by atoms with E-state index in [2.05, 4.69) is 10.1 Å². The highest BCUT2D eigenvalue weighted by Crippen LogP contribution is 2.26. The Hall–Kier alpha value is -3.76. The molecule has 0 aliphatic carbocycles. The van der Waals surface area contributed by atoms with Crippen LogP contribution in [0.3, 0.4) is 0 Å². The van der Waals surface area contributed by atoms with E-state index in [-0.39, 0.29) is 22.9 Å². The minimum Gasteiger partial charge on any atom is -0.475 e. The number of amides is 1. The number of nitrogens with zero attached hydrogens (tertiary/aromatic N) is 1. The van der Waals surface area contributed by atoms with Crippen LogP contribution in [-0.4, -0.2) is 36.1 Å². The number of rotatable bonds is 9. The SMILES string of the molecule is CC(OC(=O)COc1ccccc1[N+](=O)[O-])C(=O)Nc1ccccc1OC(F)F. The molecule has 2 aromatic rings. The molecule has 2 rings (SSSR count). The van der Waals surface area contributed by atoms with E-state index < -0.39 is 36.1 Å². The van der Waals surface area contributed by atoms with Crippen molar-refractivity contribution in [3.05, 3.63) is 58.6 Å². The maximum atomic E-state index is 12.4. The highest BCUT2D eigenvalue weighted by molar-refractivity contribution is 5.96. The summed E-state index contributed by atoms with van der Waals surface area (Å²) in [6, 6.07) is 10.9. The quantitative estimate of drug-likeness (QED) is 0.383. The van der Waals surface area contributed by atoms with Gasteiger partial charge < -0.3 is 19.5 Å². The van der Waals surface area contributed by atoms with Gasteiger partial charge >= 0.3 is 18.3 Å². The number of hydrogen-bond acceptors (Lipinski definition) is 7. The average molecular weight is 410 g/mol. The Morgan fingerprint density at radius 2 is 1.72 bits per heavy atom. The van der Waals surface area contributed by atoms with Crippen LogP contribution in [0.25, 0.3) is 0 Å². The molecule has 1 atom stereocenters. The van der Waals surface area contributed by atoms with Crippen molar-refractivity contribution in [3.8, 4) is 11.5 Å². The van der Waals surface area contributed by atoms with Gasteiger partial charge in [-0.2, -0.15) is 8.78 Å². The molecule has 29 heavy (non-hydrogen) atoms. The number of carbonyl (C=O) groups is 2. The van der Waals surface area contributed by atoms with E-state index in [0.717, 1.165) is 0 Å². The number of benzene rings is 2. The predicted octanol–water partition coefficient (Wildman–Crippen LogP) is 3.15. The van der Waals surface area contributed by atoms with E-state index >= 15 is 0 Å². The van der Waals surface area contributed by atoms with Gasteiger partial charge in [0.2, 0.25) is 0 Å². The Balaban J connectivity index is 1.91. The van der Waals surface area contributed by atoms with Gasteiger partial charge in [-0.05, 0) is 25.1 Å². The molecule has 1 amide bonds. The summed E-state index contributed by atoms with van der Waals surface area (Å²) in [5, 5.41) is 13.2. The Kier molecular flexibility index (Phi) is 7.40. The van der Waals surface area contributed by atoms with Crippen LogP contribution in [0.5, 0.6) is 11.5 Å². The summed E-state index contributed by atoms with van der Waals surface area (Å²) >= 11 is 0. The third-order valence-electron chi connectivity index (χ3n) is 3.45. The molecule has 0 radical (unpaired) electrons. The maximum absolute atomic E-state index is 12.4. The van der Waals surface area contributed by atoms with Gasteiger partial charge in [0.05, 0.1) is 10.6 Å². The molecule has 1 N–H and O–H groups in total. The Bertz CT molecular complexity index is 892. The second-order valence-electron chi connectivity index (χ2n) is 5.51. The van der Waals surface area contributed by atoms with E-state index in [1.165, 1.54) is 55.5 Å². The van der Waals surface area contributed by atoms with Crippen molar-refractivity contribution in [2.45, 2.75) is 19.6 Å². The number of alkyl halides is 2. The molecule has 1 unspecified atom stereocenters. The first-order chi connectivity index (χ1) is 13.8. The van der Waals surface area contributed by atoms with E-state index in [1.54, 1.807) is 0 Å². The number of ether oxygens (including phenoxy) is 3. The summed E-state index contributed by atoms with van der Waals surface area (Å²) < 4.78 is 39.1. The van der Waals surface area contributed by atoms with Gasteiger partial charge in [-0.25, -0.2) is 4.79 Å². The number of carbonyl (C=O) groups excluding carboxylic acids is 2. The third-order valence-corrected chi connectivity index (χ3v) is 3.45. The molecule has 0 heterocycles. The zero-order valence-corrected chi connectivity index (χ0v) is 15.0. The highest BCUT2D eigenvalue weighted by Gasteiger charge is 2.21. The molecule has 0 spiro atoms. The van der Waals surface area contributed by atoms with Gasteiger partial charge in [0.15, 0.2) is 18.5 Å². The zero-order valence-electron chi connectivity index (χ0n) is 15.0. The van der Waals surface area contributed by atoms with Crippen molar-refractivity contribution in [2.75, 3.05) is 11.9 Å². The van der Waals surface area contributed by atoms with E-state index in [1.807, 2.05) is 0 Å². The summed E-state index contributed by atoms with van der Waals surface area (Å²) in [6.07, 6.45) is -1.29. The van der Waals surface area contributed by atoms with Crippen molar-refractivity contribution in [2.24, 2.45) is 0 Å². The molecule has 0 aliphatic rings. The van der Waals surface area contributed by atoms with Crippen molar-refractivity contribution in [1.29, 1.82) is 0 Å². The number of esters is 1. The molecular formula is C18H16F2N2O7. The van der Waals surface area contributed by atoms with Crippen LogP contribution in [0.1, 0.15) is 6.92 Å². The van der Waals surface area contributed by atoms with E-state index in [0.29, 0.717) is 0 Å². The number of nitro benzene ring substituents is 1. The standard InChI is InChI=1S/C18H16F2N2O7/c1-11(17(24)21-12-6-2-4-8-14(12)29-18(19)20)28-16(23)10-27-15-9-5-3-7-13(15)22(25)26/h2-9,11,18H,10H2,1H3,(H,21,24). The minimum atomic E-state index is -3.08. The van der Waals surface area contributed by atoms with Crippen LogP contribution < -0.4 is 14.8 Å². The Morgan fingerprint density at radius 3 is 2.38 bits per heavy atom. The van der Waals surface area contributed by atoms with Crippen molar-refractivity contribution in [3.63, 3.8) is 0 Å². The maximum Gasteiger partial charge on any atom is 0.387 e. The molecule has 0 aromatic heterocycles. The lowest BCUT2D eigenvalue weighted by atomic mass is 10.2. The number of halogens is 2. The largest absolute Gasteiger partial charge is 0.475 e. The third kappa shape index (κ3) is 6.41. The second-order valence-corrected chi connectivity index (χ2v) is 5.51. The predicted molar refractivity (Wildman–Crippen MR) is 95.8 cm³/mol. The molecule has 9 nitrogen and oxygen atoms in total. The average Bonchev–Trinajstić information content (AvgIpc) is 2.67. The molecule has 0 bridgehead atoms. The van der Waals surface area contributed by atoms with Gasteiger partial charge in [0.25, 0.3) is 5.91 Å². The molecule has 0 fully saturated rings. The number of nitro groups is 1. The first kappa shape index (κ1) is 21.5. The monoisotopic (exact) mass is 410 g/mol. The first-order valence-electron chi connectivity index (χ1n) is 8.18. The van der Waals surface area contributed by atoms with Crippen LogP contribution in [0.2, 0.25) is 0 Å². The van der Waals surface area contributed by atoms with E-state index in [9.17, 15) is 28.5 Å². The summed E-state index contributed by atoms with van der Waals surface area (Å²) in [4.78, 5) is 34.2. The highest BCUT2D eigenvalue weighted by atomic mass is 19.3. The molecular weight excluding hydrogens is 394 g/mol. The lowest BCUT2D eigenvalue weighted by molar-refractivity contribution is -0.385. The van der Waals surface area contributed by atoms with Gasteiger partial charge in [-0.3, -0.25) is 14.9 Å². The van der Waals surface area contributed by atoms with Crippen molar-refractivity contribution < 1.29 is 37.5 Å². The number of nitrogens with one attached hydrogen (secondary N) is 1. The van der Waals surface area contributed by atoms with Crippen LogP contribution in [0, 0.1) is 10.1 Å². The smallest absolute Gasteiger partial charge is 0.387 e. The van der Waals surface area contributed by atoms with Crippen LogP contribution in [-0.2, 0) is 14.3 Å². The summed E-state index contributed by atoms with van der Waals surface area (Å²) in [6.45, 7) is -2.50. The summed E-state index contributed by atoms with van der Waals surface area (Å²) in [7, 11) is 0. The number of para-hydroxylation sites is 4. The fourth-order valence-corrected chi connectivity index (χ4v) is 2.15. The molecule has 2 aromatic carbocycles. The van der Waals surface area contributed by atoms with Gasteiger partial charge in [-0.1, -0.05) is 24.3 Å². The lowest BCUT2D eigenvalue weighted by Gasteiger charge is -2.16. The number of anilines is 1. The van der Waals surface area contributed by atoms with Crippen LogP contribution in [0.4, 0.5) is 20.2 Å². The fraction of sp³-hybridized carbons (Fsp3) is 0.222. The van der Waals surface area contributed by atoms with E-state index in [4.69, 9.17) is 9.47 Å². The minimum absolute atomic E-state index is 0.0307. The van der Waals surface area contributed by atoms with Crippen molar-refractivity contribution in [1.82, 2.24) is 0 Å². The molecule has 154 valence electrons. The first-order valence-corrected chi connectivity index (χ1v) is 8.18. The fourth-order valence-electron chi connectivity index (χ4n) is 2.15.